The van der Waals surface area contributed by atoms with E-state index in [2.05, 4.69) is 5.32 Å². The van der Waals surface area contributed by atoms with Crippen molar-refractivity contribution in [2.24, 2.45) is 0 Å². The highest BCUT2D eigenvalue weighted by Crippen LogP contribution is 2.30. The number of hydrogen-bond donors (Lipinski definition) is 2. The van der Waals surface area contributed by atoms with E-state index in [1.807, 2.05) is 42.5 Å². The van der Waals surface area contributed by atoms with Gasteiger partial charge in [-0.25, -0.2) is 4.79 Å². The SMILES string of the molecule is O=C(COc1c(C(=O)O)ccc2ccccc12)NCc1ccccc1. The van der Waals surface area contributed by atoms with E-state index >= 15 is 0 Å². The Morgan fingerprint density at radius 1 is 0.920 bits per heavy atom. The van der Waals surface area contributed by atoms with Gasteiger partial charge in [0, 0.05) is 11.9 Å². The Balaban J connectivity index is 1.72. The number of benzene rings is 3. The third-order valence-corrected chi connectivity index (χ3v) is 3.79. The Morgan fingerprint density at radius 2 is 1.64 bits per heavy atom. The van der Waals surface area contributed by atoms with Crippen LogP contribution in [0.25, 0.3) is 10.8 Å². The second-order valence-electron chi connectivity index (χ2n) is 5.52. The van der Waals surface area contributed by atoms with Crippen LogP contribution in [0.1, 0.15) is 15.9 Å². The van der Waals surface area contributed by atoms with E-state index in [0.717, 1.165) is 10.9 Å². The van der Waals surface area contributed by atoms with Crippen molar-refractivity contribution in [3.05, 3.63) is 77.9 Å². The molecule has 0 bridgehead atoms. The largest absolute Gasteiger partial charge is 0.482 e. The number of carbonyl (C=O) groups is 2. The van der Waals surface area contributed by atoms with E-state index < -0.39 is 5.97 Å². The number of amides is 1. The molecular formula is C20H17NO4. The van der Waals surface area contributed by atoms with Crippen molar-refractivity contribution in [1.29, 1.82) is 0 Å². The predicted octanol–water partition coefficient (Wildman–Crippen LogP) is 3.23. The number of nitrogens with one attached hydrogen (secondary N) is 1. The molecule has 3 rings (SSSR count). The molecule has 5 heteroatoms. The number of carboxylic acids is 1. The van der Waals surface area contributed by atoms with Crippen LogP contribution in [0.2, 0.25) is 0 Å². The Kier molecular flexibility index (Phi) is 4.95. The Hall–Kier alpha value is -3.34. The molecular weight excluding hydrogens is 318 g/mol. The lowest BCUT2D eigenvalue weighted by Gasteiger charge is -2.12. The van der Waals surface area contributed by atoms with Crippen LogP contribution < -0.4 is 10.1 Å². The summed E-state index contributed by atoms with van der Waals surface area (Å²) in [6.07, 6.45) is 0. The minimum atomic E-state index is -1.09. The lowest BCUT2D eigenvalue weighted by atomic mass is 10.1. The molecule has 2 N–H and O–H groups in total. The first kappa shape index (κ1) is 16.5. The number of fused-ring (bicyclic) bond motifs is 1. The van der Waals surface area contributed by atoms with Crippen molar-refractivity contribution in [3.8, 4) is 5.75 Å². The van der Waals surface area contributed by atoms with Crippen molar-refractivity contribution in [3.63, 3.8) is 0 Å². The second-order valence-corrected chi connectivity index (χ2v) is 5.52. The zero-order chi connectivity index (χ0) is 17.6. The topological polar surface area (TPSA) is 75.6 Å². The molecule has 0 unspecified atom stereocenters. The summed E-state index contributed by atoms with van der Waals surface area (Å²) in [5.74, 6) is -1.20. The number of carbonyl (C=O) groups excluding carboxylic acids is 1. The number of hydrogen-bond acceptors (Lipinski definition) is 3. The zero-order valence-electron chi connectivity index (χ0n) is 13.4. The normalized spacial score (nSPS) is 10.4. The minimum Gasteiger partial charge on any atom is -0.482 e. The highest BCUT2D eigenvalue weighted by atomic mass is 16.5. The molecule has 25 heavy (non-hydrogen) atoms. The van der Waals surface area contributed by atoms with Gasteiger partial charge in [0.2, 0.25) is 0 Å². The summed E-state index contributed by atoms with van der Waals surface area (Å²) < 4.78 is 5.57. The van der Waals surface area contributed by atoms with Crippen LogP contribution in [-0.4, -0.2) is 23.6 Å². The molecule has 0 aromatic heterocycles. The smallest absolute Gasteiger partial charge is 0.339 e. The molecule has 1 amide bonds. The van der Waals surface area contributed by atoms with Crippen molar-refractivity contribution < 1.29 is 19.4 Å². The van der Waals surface area contributed by atoms with Gasteiger partial charge in [0.25, 0.3) is 5.91 Å². The van der Waals surface area contributed by atoms with Gasteiger partial charge >= 0.3 is 5.97 Å². The molecule has 3 aromatic rings. The van der Waals surface area contributed by atoms with Gasteiger partial charge in [-0.15, -0.1) is 0 Å². The van der Waals surface area contributed by atoms with Gasteiger partial charge < -0.3 is 15.2 Å². The molecule has 0 spiro atoms. The van der Waals surface area contributed by atoms with Crippen LogP contribution >= 0.6 is 0 Å². The number of aromatic carboxylic acids is 1. The summed E-state index contributed by atoms with van der Waals surface area (Å²) in [5, 5.41) is 13.6. The maximum absolute atomic E-state index is 12.0. The molecule has 0 fully saturated rings. The molecule has 0 aliphatic heterocycles. The molecule has 0 saturated carbocycles. The zero-order valence-corrected chi connectivity index (χ0v) is 13.4. The van der Waals surface area contributed by atoms with Gasteiger partial charge in [-0.3, -0.25) is 4.79 Å². The molecule has 126 valence electrons. The van der Waals surface area contributed by atoms with Crippen LogP contribution in [0.3, 0.4) is 0 Å². The van der Waals surface area contributed by atoms with Crippen LogP contribution in [0.5, 0.6) is 5.75 Å². The first-order valence-corrected chi connectivity index (χ1v) is 7.83. The van der Waals surface area contributed by atoms with Gasteiger partial charge in [-0.1, -0.05) is 60.7 Å². The van der Waals surface area contributed by atoms with Crippen LogP contribution in [0, 0.1) is 0 Å². The Labute approximate surface area is 144 Å². The number of carboxylic acid groups (broad SMARTS) is 1. The highest BCUT2D eigenvalue weighted by Gasteiger charge is 2.16. The number of ether oxygens (including phenoxy) is 1. The van der Waals surface area contributed by atoms with Crippen LogP contribution in [-0.2, 0) is 11.3 Å². The van der Waals surface area contributed by atoms with Crippen LogP contribution in [0.4, 0.5) is 0 Å². The summed E-state index contributed by atoms with van der Waals surface area (Å²) in [7, 11) is 0. The molecule has 0 saturated heterocycles. The molecule has 0 heterocycles. The van der Waals surface area contributed by atoms with Gasteiger partial charge in [-0.2, -0.15) is 0 Å². The molecule has 3 aromatic carbocycles. The third-order valence-electron chi connectivity index (χ3n) is 3.79. The molecule has 5 nitrogen and oxygen atoms in total. The lowest BCUT2D eigenvalue weighted by Crippen LogP contribution is -2.28. The first-order chi connectivity index (χ1) is 12.1. The fraction of sp³-hybridized carbons (Fsp3) is 0.100. The Bertz CT molecular complexity index is 906. The summed E-state index contributed by atoms with van der Waals surface area (Å²) in [4.78, 5) is 23.5. The molecule has 0 atom stereocenters. The van der Waals surface area contributed by atoms with Crippen molar-refractivity contribution >= 4 is 22.6 Å². The summed E-state index contributed by atoms with van der Waals surface area (Å²) >= 11 is 0. The maximum atomic E-state index is 12.0. The van der Waals surface area contributed by atoms with Gasteiger partial charge in [0.1, 0.15) is 11.3 Å². The van der Waals surface area contributed by atoms with E-state index in [1.54, 1.807) is 18.2 Å². The van der Waals surface area contributed by atoms with Gasteiger partial charge in [0.15, 0.2) is 6.61 Å². The Morgan fingerprint density at radius 3 is 2.40 bits per heavy atom. The van der Waals surface area contributed by atoms with Gasteiger partial charge in [-0.05, 0) is 17.0 Å². The van der Waals surface area contributed by atoms with E-state index in [0.29, 0.717) is 11.9 Å². The molecule has 0 aliphatic rings. The quantitative estimate of drug-likeness (QED) is 0.725. The van der Waals surface area contributed by atoms with Crippen LogP contribution in [0.15, 0.2) is 66.7 Å². The van der Waals surface area contributed by atoms with E-state index in [1.165, 1.54) is 6.07 Å². The van der Waals surface area contributed by atoms with E-state index in [9.17, 15) is 14.7 Å². The van der Waals surface area contributed by atoms with Crippen molar-refractivity contribution in [2.45, 2.75) is 6.54 Å². The first-order valence-electron chi connectivity index (χ1n) is 7.83. The van der Waals surface area contributed by atoms with E-state index in [-0.39, 0.29) is 23.8 Å². The number of rotatable bonds is 6. The average Bonchev–Trinajstić information content (AvgIpc) is 2.65. The predicted molar refractivity (Wildman–Crippen MR) is 94.7 cm³/mol. The lowest BCUT2D eigenvalue weighted by molar-refractivity contribution is -0.123. The second kappa shape index (κ2) is 7.49. The standard InChI is InChI=1S/C20H17NO4/c22-18(21-12-14-6-2-1-3-7-14)13-25-19-16-9-5-4-8-15(16)10-11-17(19)20(23)24/h1-11H,12-13H2,(H,21,22)(H,23,24). The van der Waals surface area contributed by atoms with Crippen molar-refractivity contribution in [2.75, 3.05) is 6.61 Å². The fourth-order valence-corrected chi connectivity index (χ4v) is 2.55. The summed E-state index contributed by atoms with van der Waals surface area (Å²) in [6.45, 7) is 0.144. The highest BCUT2D eigenvalue weighted by molar-refractivity contribution is 6.00. The average molecular weight is 335 g/mol. The monoisotopic (exact) mass is 335 g/mol. The maximum Gasteiger partial charge on any atom is 0.339 e. The van der Waals surface area contributed by atoms with Crippen molar-refractivity contribution in [1.82, 2.24) is 5.32 Å². The van der Waals surface area contributed by atoms with Gasteiger partial charge in [0.05, 0.1) is 0 Å². The fourth-order valence-electron chi connectivity index (χ4n) is 2.55. The molecule has 0 aliphatic carbocycles. The third kappa shape index (κ3) is 3.95. The van der Waals surface area contributed by atoms with E-state index in [4.69, 9.17) is 4.74 Å². The summed E-state index contributed by atoms with van der Waals surface area (Å²) in [6, 6.07) is 20.0. The summed E-state index contributed by atoms with van der Waals surface area (Å²) in [5.41, 5.74) is 1.02. The molecule has 0 radical (unpaired) electrons. The minimum absolute atomic E-state index is 0.0366.